The molecule has 2 aromatic rings. The maximum Gasteiger partial charge on any atom is 0.420 e. The lowest BCUT2D eigenvalue weighted by Crippen LogP contribution is -2.29. The Morgan fingerprint density at radius 2 is 1.71 bits per heavy atom. The van der Waals surface area contributed by atoms with Gasteiger partial charge in [0.1, 0.15) is 18.6 Å². The molecule has 0 fully saturated rings. The molecule has 2 N–H and O–H groups in total. The van der Waals surface area contributed by atoms with Crippen LogP contribution in [0.15, 0.2) is 63.2 Å². The van der Waals surface area contributed by atoms with Gasteiger partial charge in [-0.05, 0) is 81.5 Å². The lowest BCUT2D eigenvalue weighted by atomic mass is 10.1. The van der Waals surface area contributed by atoms with Gasteiger partial charge < -0.3 is 15.2 Å². The number of aliphatic imine (C=N–C) groups is 1. The van der Waals surface area contributed by atoms with Crippen LogP contribution in [0.3, 0.4) is 0 Å². The number of nitrogens with one attached hydrogen (secondary N) is 2. The Morgan fingerprint density at radius 1 is 1.03 bits per heavy atom. The summed E-state index contributed by atoms with van der Waals surface area (Å²) >= 11 is -1.15. The quantitative estimate of drug-likeness (QED) is 0.284. The molecule has 1 heterocycles. The molecule has 1 aliphatic rings. The summed E-state index contributed by atoms with van der Waals surface area (Å²) in [5, 5.41) is 6.49. The van der Waals surface area contributed by atoms with Crippen LogP contribution in [0.1, 0.15) is 17.3 Å². The molecule has 1 aliphatic heterocycles. The van der Waals surface area contributed by atoms with Gasteiger partial charge in [0.25, 0.3) is 0 Å². The van der Waals surface area contributed by atoms with Crippen molar-refractivity contribution in [3.05, 3.63) is 63.8 Å². The number of hydrogen-bond donors (Lipinski definition) is 2. The second-order valence-corrected chi connectivity index (χ2v) is 12.7. The van der Waals surface area contributed by atoms with Crippen LogP contribution in [-0.4, -0.2) is 34.9 Å². The Labute approximate surface area is 188 Å². The number of alkyl halides is 3. The normalized spacial score (nSPS) is 14.6. The molecule has 31 heavy (non-hydrogen) atoms. The van der Waals surface area contributed by atoms with E-state index in [-0.39, 0.29) is 11.6 Å². The van der Waals surface area contributed by atoms with E-state index in [1.54, 1.807) is 55.8 Å². The van der Waals surface area contributed by atoms with Crippen LogP contribution in [0.4, 0.5) is 24.5 Å². The number of carbonyl (C=O) groups is 1. The van der Waals surface area contributed by atoms with Crippen molar-refractivity contribution in [3.8, 4) is 0 Å². The van der Waals surface area contributed by atoms with E-state index in [2.05, 4.69) is 15.6 Å². The summed E-state index contributed by atoms with van der Waals surface area (Å²) in [7, 11) is -2.39. The highest BCUT2D eigenvalue weighted by Crippen LogP contribution is 2.35. The number of carbonyl (C=O) groups excluding carboxylic acids is 1. The van der Waals surface area contributed by atoms with Crippen molar-refractivity contribution in [1.82, 2.24) is 0 Å². The highest BCUT2D eigenvalue weighted by molar-refractivity contribution is 14.2. The fraction of sp³-hybridized carbons (Fsp3) is 0.190. The van der Waals surface area contributed by atoms with Gasteiger partial charge in [0.05, 0.1) is 0 Å². The van der Waals surface area contributed by atoms with Crippen LogP contribution in [0.25, 0.3) is 0 Å². The van der Waals surface area contributed by atoms with E-state index in [0.717, 1.165) is 5.30 Å². The van der Waals surface area contributed by atoms with Crippen molar-refractivity contribution in [2.75, 3.05) is 24.0 Å². The number of ketones is 1. The molecule has 0 atom stereocenters. The van der Waals surface area contributed by atoms with E-state index >= 15 is 0 Å². The fourth-order valence-electron chi connectivity index (χ4n) is 2.66. The maximum absolute atomic E-state index is 13.5. The fourth-order valence-corrected chi connectivity index (χ4v) is 5.63. The first-order valence-electron chi connectivity index (χ1n) is 9.11. The molecule has 0 aromatic heterocycles. The number of Topliss-reactive ketones (excluding diaryl/α,β-unsaturated/α-hetero) is 1. The molecule has 0 saturated heterocycles. The van der Waals surface area contributed by atoms with E-state index in [1.807, 2.05) is 0 Å². The summed E-state index contributed by atoms with van der Waals surface area (Å²) in [6, 6.07) is 13.2. The Balaban J connectivity index is 1.89. The molecule has 0 spiro atoms. The molecule has 2 aromatic carbocycles. The highest BCUT2D eigenvalue weighted by Gasteiger charge is 2.38. The van der Waals surface area contributed by atoms with Crippen molar-refractivity contribution >= 4 is 59.9 Å². The molecule has 3 rings (SSSR count). The molecule has 0 amide bonds. The van der Waals surface area contributed by atoms with E-state index in [9.17, 15) is 22.5 Å². The first kappa shape index (κ1) is 23.4. The molecular weight excluding hydrogens is 541 g/mol. The molecule has 10 heteroatoms. The van der Waals surface area contributed by atoms with Crippen LogP contribution in [-0.2, 0) is 4.57 Å². The zero-order valence-electron chi connectivity index (χ0n) is 16.9. The maximum atomic E-state index is 13.5. The highest BCUT2D eigenvalue weighted by atomic mass is 127. The monoisotopic (exact) mass is 561 g/mol. The summed E-state index contributed by atoms with van der Waals surface area (Å²) in [5.41, 5.74) is 0.551. The standard InChI is InChI=1S/C21H20F3IN3O2P/c1-13(29)14-5-4-6-16(11-14)26-19-18(21(22,23)24)12-25-20(28-19)27-15-7-9-17(10-8-15)31(2,3)30/h4-12H,1-3H3,(H2,26,27,28). The van der Waals surface area contributed by atoms with Crippen LogP contribution >= 0.6 is 27.9 Å². The van der Waals surface area contributed by atoms with Crippen LogP contribution in [0.2, 0.25) is 0 Å². The minimum Gasteiger partial charge on any atom is -0.340 e. The Morgan fingerprint density at radius 3 is 2.29 bits per heavy atom. The molecular formula is C21H20F3IN3O2P. The molecule has 0 bridgehead atoms. The lowest BCUT2D eigenvalue weighted by Gasteiger charge is -2.19. The largest absolute Gasteiger partial charge is 0.420 e. The predicted molar refractivity (Wildman–Crippen MR) is 130 cm³/mol. The van der Waals surface area contributed by atoms with Crippen molar-refractivity contribution in [2.24, 2.45) is 4.99 Å². The first-order chi connectivity index (χ1) is 14.4. The summed E-state index contributed by atoms with van der Waals surface area (Å²) in [6.07, 6.45) is -4.56. The molecule has 0 saturated carbocycles. The number of rotatable bonds is 5. The van der Waals surface area contributed by atoms with Gasteiger partial charge in [-0.2, -0.15) is 13.2 Å². The number of hydrogen-bond acceptors (Lipinski definition) is 5. The minimum absolute atomic E-state index is 0.187. The van der Waals surface area contributed by atoms with Crippen LogP contribution in [0.5, 0.6) is 0 Å². The number of amidine groups is 1. The van der Waals surface area contributed by atoms with Crippen molar-refractivity contribution < 1.29 is 22.5 Å². The smallest absolute Gasteiger partial charge is 0.340 e. The number of halogens is 4. The zero-order valence-corrected chi connectivity index (χ0v) is 20.0. The molecule has 0 unspecified atom stereocenters. The first-order valence-corrected chi connectivity index (χ1v) is 14.0. The van der Waals surface area contributed by atoms with Gasteiger partial charge in [-0.25, -0.2) is 4.99 Å². The van der Waals surface area contributed by atoms with Gasteiger partial charge in [0.15, 0.2) is 9.54 Å². The second-order valence-electron chi connectivity index (χ2n) is 7.17. The van der Waals surface area contributed by atoms with Crippen molar-refractivity contribution in [3.63, 3.8) is 0 Å². The Hall–Kier alpha value is -2.26. The van der Waals surface area contributed by atoms with Crippen LogP contribution < -0.4 is 15.9 Å². The van der Waals surface area contributed by atoms with E-state index in [4.69, 9.17) is 0 Å². The number of benzene rings is 2. The summed E-state index contributed by atoms with van der Waals surface area (Å²) in [4.78, 5) is 15.8. The van der Waals surface area contributed by atoms with Crippen molar-refractivity contribution in [2.45, 2.75) is 13.1 Å². The predicted octanol–water partition coefficient (Wildman–Crippen LogP) is 5.58. The Kier molecular flexibility index (Phi) is 6.85. The molecule has 0 radical (unpaired) electrons. The van der Waals surface area contributed by atoms with Gasteiger partial charge >= 0.3 is 6.18 Å². The molecule has 164 valence electrons. The molecule has 5 nitrogen and oxygen atoms in total. The van der Waals surface area contributed by atoms with Gasteiger partial charge in [0, 0.05) is 22.2 Å². The van der Waals surface area contributed by atoms with Crippen molar-refractivity contribution in [1.29, 1.82) is 0 Å². The number of anilines is 2. The molecule has 0 aliphatic carbocycles. The SMILES string of the molecule is CC(=O)c1cccc(NC2=NC(Nc3ccc(P(C)(C)=O)cc3)=IC=C2C(F)(F)F)c1. The second kappa shape index (κ2) is 9.08. The average Bonchev–Trinajstić information content (AvgIpc) is 2.67. The van der Waals surface area contributed by atoms with Gasteiger partial charge in [-0.1, -0.05) is 12.1 Å². The zero-order chi connectivity index (χ0) is 22.8. The van der Waals surface area contributed by atoms with Gasteiger partial charge in [-0.15, -0.1) is 0 Å². The van der Waals surface area contributed by atoms with Crippen LogP contribution in [0, 0.1) is 0 Å². The van der Waals surface area contributed by atoms with E-state index in [1.165, 1.54) is 17.1 Å². The lowest BCUT2D eigenvalue weighted by molar-refractivity contribution is -0.0857. The average molecular weight is 561 g/mol. The topological polar surface area (TPSA) is 70.6 Å². The third kappa shape index (κ3) is 6.13. The third-order valence-corrected chi connectivity index (χ3v) is 7.88. The van der Waals surface area contributed by atoms with Gasteiger partial charge in [-0.3, -0.25) is 4.79 Å². The minimum atomic E-state index is -4.56. The van der Waals surface area contributed by atoms with E-state index < -0.39 is 39.6 Å². The summed E-state index contributed by atoms with van der Waals surface area (Å²) in [6.45, 7) is 4.73. The third-order valence-electron chi connectivity index (χ3n) is 4.31. The van der Waals surface area contributed by atoms with E-state index in [0.29, 0.717) is 20.7 Å². The number of nitrogens with zero attached hydrogens (tertiary/aromatic N) is 1. The van der Waals surface area contributed by atoms with Gasteiger partial charge in [0.2, 0.25) is 0 Å². The Bertz CT molecular complexity index is 1150. The summed E-state index contributed by atoms with van der Waals surface area (Å²) in [5.74, 6) is -0.516. The summed E-state index contributed by atoms with van der Waals surface area (Å²) < 4.78 is 54.3.